The molecule has 1 amide bonds. The summed E-state index contributed by atoms with van der Waals surface area (Å²) in [6, 6.07) is 10.3. The summed E-state index contributed by atoms with van der Waals surface area (Å²) in [5.74, 6) is 1.35. The van der Waals surface area contributed by atoms with E-state index in [0.717, 1.165) is 12.0 Å². The van der Waals surface area contributed by atoms with Gasteiger partial charge in [0.1, 0.15) is 0 Å². The highest BCUT2D eigenvalue weighted by Crippen LogP contribution is 2.55. The Morgan fingerprint density at radius 2 is 1.88 bits per heavy atom. The van der Waals surface area contributed by atoms with E-state index in [0.29, 0.717) is 35.1 Å². The van der Waals surface area contributed by atoms with Crippen LogP contribution in [0.5, 0.6) is 0 Å². The van der Waals surface area contributed by atoms with Gasteiger partial charge in [-0.1, -0.05) is 71.9 Å². The van der Waals surface area contributed by atoms with Gasteiger partial charge in [-0.05, 0) is 47.5 Å². The Balaban J connectivity index is 1.99. The number of benzene rings is 1. The van der Waals surface area contributed by atoms with E-state index in [2.05, 4.69) is 46.9 Å². The summed E-state index contributed by atoms with van der Waals surface area (Å²) in [7, 11) is 0. The van der Waals surface area contributed by atoms with Crippen LogP contribution in [0.1, 0.15) is 66.4 Å². The van der Waals surface area contributed by atoms with Crippen molar-refractivity contribution < 1.29 is 4.79 Å². The van der Waals surface area contributed by atoms with Gasteiger partial charge < -0.3 is 5.32 Å². The Hall–Kier alpha value is -1.31. The number of carbonyl (C=O) groups is 1. The molecule has 1 aliphatic carbocycles. The quantitative estimate of drug-likeness (QED) is 0.806. The highest BCUT2D eigenvalue weighted by molar-refractivity contribution is 5.78. The molecule has 1 aliphatic rings. The second-order valence-electron chi connectivity index (χ2n) is 9.12. The molecular weight excluding hydrogens is 294 g/mol. The van der Waals surface area contributed by atoms with Crippen molar-refractivity contribution in [2.75, 3.05) is 0 Å². The van der Waals surface area contributed by atoms with Crippen LogP contribution >= 0.6 is 0 Å². The van der Waals surface area contributed by atoms with E-state index >= 15 is 0 Å². The molecule has 0 radical (unpaired) electrons. The lowest BCUT2D eigenvalue weighted by atomic mass is 9.52. The first-order chi connectivity index (χ1) is 11.2. The largest absolute Gasteiger partial charge is 0.353 e. The second kappa shape index (κ2) is 7.29. The molecule has 0 aliphatic heterocycles. The fourth-order valence-corrected chi connectivity index (χ4v) is 4.84. The zero-order valence-electron chi connectivity index (χ0n) is 16.4. The van der Waals surface area contributed by atoms with Crippen molar-refractivity contribution in [3.05, 3.63) is 35.9 Å². The number of carbonyl (C=O) groups excluding carboxylic acids is 1. The maximum atomic E-state index is 12.4. The Labute approximate surface area is 148 Å². The van der Waals surface area contributed by atoms with Gasteiger partial charge in [0, 0.05) is 6.04 Å². The molecule has 1 aromatic carbocycles. The summed E-state index contributed by atoms with van der Waals surface area (Å²) in [6.07, 6.45) is 3.98. The van der Waals surface area contributed by atoms with Crippen molar-refractivity contribution in [2.24, 2.45) is 22.7 Å². The monoisotopic (exact) mass is 329 g/mol. The van der Waals surface area contributed by atoms with Crippen molar-refractivity contribution in [1.82, 2.24) is 5.32 Å². The average molecular weight is 330 g/mol. The summed E-state index contributed by atoms with van der Waals surface area (Å²) >= 11 is 0. The first-order valence-electron chi connectivity index (χ1n) is 9.49. The summed E-state index contributed by atoms with van der Waals surface area (Å²) < 4.78 is 0. The van der Waals surface area contributed by atoms with Crippen LogP contribution in [0.25, 0.3) is 0 Å². The number of rotatable bonds is 4. The van der Waals surface area contributed by atoms with E-state index in [9.17, 15) is 4.79 Å². The van der Waals surface area contributed by atoms with E-state index in [1.165, 1.54) is 12.8 Å². The van der Waals surface area contributed by atoms with E-state index in [4.69, 9.17) is 0 Å². The van der Waals surface area contributed by atoms with Crippen molar-refractivity contribution in [3.8, 4) is 0 Å². The maximum Gasteiger partial charge on any atom is 0.224 e. The molecule has 24 heavy (non-hydrogen) atoms. The lowest BCUT2D eigenvalue weighted by Gasteiger charge is -2.54. The standard InChI is InChI=1S/C22H35NO/c1-16(2)22(21(4,5)6)13-12-19(17(3)15-22)23-20(24)14-18-10-8-7-9-11-18/h7-11,16-17,19H,12-15H2,1-6H3,(H,23,24)/t17-,19?,22?/m1/s1. The number of amides is 1. The molecule has 0 aromatic heterocycles. The van der Waals surface area contributed by atoms with E-state index in [1.54, 1.807) is 0 Å². The molecule has 1 aromatic rings. The van der Waals surface area contributed by atoms with Crippen LogP contribution in [0.2, 0.25) is 0 Å². The predicted octanol–water partition coefficient (Wildman–Crippen LogP) is 5.22. The van der Waals surface area contributed by atoms with E-state index < -0.39 is 0 Å². The first-order valence-corrected chi connectivity index (χ1v) is 9.49. The third kappa shape index (κ3) is 4.02. The zero-order valence-corrected chi connectivity index (χ0v) is 16.4. The van der Waals surface area contributed by atoms with Crippen LogP contribution in [0.15, 0.2) is 30.3 Å². The summed E-state index contributed by atoms with van der Waals surface area (Å²) in [5, 5.41) is 3.31. The molecule has 3 atom stereocenters. The zero-order chi connectivity index (χ0) is 18.0. The molecule has 0 spiro atoms. The fraction of sp³-hybridized carbons (Fsp3) is 0.682. The molecule has 2 nitrogen and oxygen atoms in total. The maximum absolute atomic E-state index is 12.4. The van der Waals surface area contributed by atoms with Crippen LogP contribution in [0, 0.1) is 22.7 Å². The average Bonchev–Trinajstić information content (AvgIpc) is 2.48. The van der Waals surface area contributed by atoms with Gasteiger partial charge >= 0.3 is 0 Å². The van der Waals surface area contributed by atoms with Crippen molar-refractivity contribution in [3.63, 3.8) is 0 Å². The molecule has 1 N–H and O–H groups in total. The summed E-state index contributed by atoms with van der Waals surface area (Å²) in [5.41, 5.74) is 1.76. The smallest absolute Gasteiger partial charge is 0.224 e. The minimum atomic E-state index is 0.158. The van der Waals surface area contributed by atoms with Gasteiger partial charge in [0.25, 0.3) is 0 Å². The van der Waals surface area contributed by atoms with Gasteiger partial charge in [-0.3, -0.25) is 4.79 Å². The van der Waals surface area contributed by atoms with Gasteiger partial charge in [0.2, 0.25) is 5.91 Å². The molecule has 2 heteroatoms. The highest BCUT2D eigenvalue weighted by atomic mass is 16.1. The van der Waals surface area contributed by atoms with E-state index in [1.807, 2.05) is 30.3 Å². The molecule has 0 saturated heterocycles. The number of hydrogen-bond donors (Lipinski definition) is 1. The molecule has 0 bridgehead atoms. The molecule has 134 valence electrons. The fourth-order valence-electron chi connectivity index (χ4n) is 4.84. The molecule has 0 heterocycles. The topological polar surface area (TPSA) is 29.1 Å². The Bertz CT molecular complexity index is 543. The summed E-state index contributed by atoms with van der Waals surface area (Å²) in [6.45, 7) is 14.2. The van der Waals surface area contributed by atoms with Crippen molar-refractivity contribution >= 4 is 5.91 Å². The normalized spacial score (nSPS) is 28.0. The lowest BCUT2D eigenvalue weighted by Crippen LogP contribution is -2.51. The molecule has 1 fully saturated rings. The lowest BCUT2D eigenvalue weighted by molar-refractivity contribution is -0.122. The van der Waals surface area contributed by atoms with Gasteiger partial charge in [0.15, 0.2) is 0 Å². The van der Waals surface area contributed by atoms with E-state index in [-0.39, 0.29) is 5.91 Å². The Morgan fingerprint density at radius 1 is 1.25 bits per heavy atom. The van der Waals surface area contributed by atoms with Gasteiger partial charge in [0.05, 0.1) is 6.42 Å². The second-order valence-corrected chi connectivity index (χ2v) is 9.12. The third-order valence-electron chi connectivity index (χ3n) is 6.43. The van der Waals surface area contributed by atoms with Crippen molar-refractivity contribution in [1.29, 1.82) is 0 Å². The number of nitrogens with one attached hydrogen (secondary N) is 1. The minimum absolute atomic E-state index is 0.158. The van der Waals surface area contributed by atoms with Crippen LogP contribution in [-0.2, 0) is 11.2 Å². The predicted molar refractivity (Wildman–Crippen MR) is 102 cm³/mol. The molecular formula is C22H35NO. The van der Waals surface area contributed by atoms with Crippen molar-refractivity contribution in [2.45, 2.75) is 73.3 Å². The first kappa shape index (κ1) is 19.0. The summed E-state index contributed by atoms with van der Waals surface area (Å²) in [4.78, 5) is 12.4. The van der Waals surface area contributed by atoms with Crippen LogP contribution in [0.3, 0.4) is 0 Å². The van der Waals surface area contributed by atoms with Gasteiger partial charge in [-0.15, -0.1) is 0 Å². The molecule has 2 rings (SSSR count). The van der Waals surface area contributed by atoms with Gasteiger partial charge in [-0.2, -0.15) is 0 Å². The van der Waals surface area contributed by atoms with Crippen LogP contribution in [0.4, 0.5) is 0 Å². The Kier molecular flexibility index (Phi) is 5.78. The van der Waals surface area contributed by atoms with Gasteiger partial charge in [-0.25, -0.2) is 0 Å². The molecule has 2 unspecified atom stereocenters. The highest BCUT2D eigenvalue weighted by Gasteiger charge is 2.48. The number of hydrogen-bond acceptors (Lipinski definition) is 1. The SMILES string of the molecule is CC(C)C1(C(C)(C)C)CCC(NC(=O)Cc2ccccc2)[C@H](C)C1. The van der Waals surface area contributed by atoms with Crippen LogP contribution in [-0.4, -0.2) is 11.9 Å². The third-order valence-corrected chi connectivity index (χ3v) is 6.43. The molecule has 1 saturated carbocycles. The Morgan fingerprint density at radius 3 is 2.38 bits per heavy atom. The minimum Gasteiger partial charge on any atom is -0.353 e. The van der Waals surface area contributed by atoms with Crippen LogP contribution < -0.4 is 5.32 Å².